The van der Waals surface area contributed by atoms with E-state index in [2.05, 4.69) is 32.1 Å². The molecule has 4 rings (SSSR count). The van der Waals surface area contributed by atoms with Gasteiger partial charge in [0.2, 0.25) is 0 Å². The summed E-state index contributed by atoms with van der Waals surface area (Å²) in [4.78, 5) is 25.2. The zero-order valence-corrected chi connectivity index (χ0v) is 15.0. The number of fused-ring (bicyclic) bond motifs is 2. The van der Waals surface area contributed by atoms with Crippen molar-refractivity contribution in [3.8, 4) is 11.8 Å². The van der Waals surface area contributed by atoms with Gasteiger partial charge in [0.1, 0.15) is 5.69 Å². The van der Waals surface area contributed by atoms with E-state index in [0.717, 1.165) is 44.2 Å². The molecule has 25 heavy (non-hydrogen) atoms. The lowest BCUT2D eigenvalue weighted by Crippen LogP contribution is -2.48. The molecule has 2 saturated carbocycles. The topological polar surface area (TPSA) is 67.8 Å². The lowest BCUT2D eigenvalue weighted by molar-refractivity contribution is 0.0871. The Morgan fingerprint density at radius 2 is 2.20 bits per heavy atom. The molecule has 2 atom stereocenters. The van der Waals surface area contributed by atoms with E-state index in [1.54, 1.807) is 18.6 Å². The van der Waals surface area contributed by atoms with Crippen LogP contribution < -0.4 is 5.32 Å². The van der Waals surface area contributed by atoms with Crippen LogP contribution in [0.25, 0.3) is 0 Å². The molecule has 0 aliphatic heterocycles. The van der Waals surface area contributed by atoms with Gasteiger partial charge in [0.25, 0.3) is 5.91 Å². The van der Waals surface area contributed by atoms with Gasteiger partial charge in [-0.3, -0.25) is 9.78 Å². The molecule has 128 valence electrons. The lowest BCUT2D eigenvalue weighted by atomic mass is 9.73. The number of aryl methyl sites for hydroxylation is 1. The first-order chi connectivity index (χ1) is 12.1. The number of hydrogen-bond acceptors (Lipinski definition) is 5. The molecule has 2 aliphatic rings. The van der Waals surface area contributed by atoms with Crippen molar-refractivity contribution in [1.29, 1.82) is 0 Å². The Bertz CT molecular complexity index is 853. The Labute approximate surface area is 151 Å². The van der Waals surface area contributed by atoms with Crippen molar-refractivity contribution in [3.63, 3.8) is 0 Å². The zero-order chi connectivity index (χ0) is 17.3. The van der Waals surface area contributed by atoms with E-state index in [1.807, 2.05) is 12.3 Å². The molecule has 0 unspecified atom stereocenters. The molecule has 0 aromatic carbocycles. The van der Waals surface area contributed by atoms with E-state index in [0.29, 0.717) is 10.7 Å². The van der Waals surface area contributed by atoms with Crippen LogP contribution in [0.4, 0.5) is 0 Å². The highest BCUT2D eigenvalue weighted by Crippen LogP contribution is 2.53. The van der Waals surface area contributed by atoms with E-state index in [1.165, 1.54) is 11.3 Å². The monoisotopic (exact) mass is 352 g/mol. The number of nitrogens with zero attached hydrogens (tertiary/aromatic N) is 3. The first kappa shape index (κ1) is 16.2. The Morgan fingerprint density at radius 1 is 1.28 bits per heavy atom. The fourth-order valence-corrected chi connectivity index (χ4v) is 4.84. The van der Waals surface area contributed by atoms with Gasteiger partial charge in [-0.2, -0.15) is 0 Å². The van der Waals surface area contributed by atoms with Crippen LogP contribution >= 0.6 is 11.3 Å². The van der Waals surface area contributed by atoms with Gasteiger partial charge in [0.15, 0.2) is 5.01 Å². The second kappa shape index (κ2) is 6.23. The maximum atomic E-state index is 12.6. The highest BCUT2D eigenvalue weighted by Gasteiger charge is 2.51. The van der Waals surface area contributed by atoms with Gasteiger partial charge in [-0.05, 0) is 51.4 Å². The SMILES string of the molecule is Cc1csc(C(=O)N[C@@]23CCC[C@@](C#Cc4cnccn4)(CC2)C3)n1. The molecule has 6 heteroatoms. The van der Waals surface area contributed by atoms with Crippen molar-refractivity contribution in [2.45, 2.75) is 51.0 Å². The third-order valence-corrected chi connectivity index (χ3v) is 6.24. The second-order valence-corrected chi connectivity index (χ2v) is 8.04. The minimum atomic E-state index is -0.133. The first-order valence-electron chi connectivity index (χ1n) is 8.62. The smallest absolute Gasteiger partial charge is 0.280 e. The normalized spacial score (nSPS) is 27.4. The van der Waals surface area contributed by atoms with Crippen molar-refractivity contribution in [3.05, 3.63) is 40.4 Å². The minimum Gasteiger partial charge on any atom is -0.344 e. The summed E-state index contributed by atoms with van der Waals surface area (Å²) >= 11 is 1.41. The van der Waals surface area contributed by atoms with Crippen LogP contribution in [0.15, 0.2) is 24.0 Å². The lowest BCUT2D eigenvalue weighted by Gasteiger charge is -2.37. The van der Waals surface area contributed by atoms with E-state index in [4.69, 9.17) is 0 Å². The van der Waals surface area contributed by atoms with Crippen LogP contribution in [0.2, 0.25) is 0 Å². The summed E-state index contributed by atoms with van der Waals surface area (Å²) in [6.07, 6.45) is 11.1. The average molecular weight is 352 g/mol. The van der Waals surface area contributed by atoms with Gasteiger partial charge in [-0.25, -0.2) is 9.97 Å². The van der Waals surface area contributed by atoms with E-state index in [-0.39, 0.29) is 16.9 Å². The molecule has 1 amide bonds. The van der Waals surface area contributed by atoms with Crippen molar-refractivity contribution >= 4 is 17.2 Å². The van der Waals surface area contributed by atoms with Crippen LogP contribution in [-0.4, -0.2) is 26.4 Å². The summed E-state index contributed by atoms with van der Waals surface area (Å²) in [7, 11) is 0. The summed E-state index contributed by atoms with van der Waals surface area (Å²) in [6.45, 7) is 1.91. The Kier molecular flexibility index (Phi) is 4.04. The molecule has 2 aliphatic carbocycles. The number of amides is 1. The number of carbonyl (C=O) groups is 1. The predicted octanol–water partition coefficient (Wildman–Crippen LogP) is 3.12. The maximum absolute atomic E-state index is 12.6. The van der Waals surface area contributed by atoms with Crippen LogP contribution in [0.1, 0.15) is 59.7 Å². The zero-order valence-electron chi connectivity index (χ0n) is 14.2. The Balaban J connectivity index is 1.51. The molecule has 0 saturated heterocycles. The first-order valence-corrected chi connectivity index (χ1v) is 9.50. The Hall–Kier alpha value is -2.26. The summed E-state index contributed by atoms with van der Waals surface area (Å²) in [6, 6.07) is 0. The summed E-state index contributed by atoms with van der Waals surface area (Å²) in [5, 5.41) is 5.76. The van der Waals surface area contributed by atoms with Crippen molar-refractivity contribution in [2.75, 3.05) is 0 Å². The number of carbonyl (C=O) groups excluding carboxylic acids is 1. The van der Waals surface area contributed by atoms with Gasteiger partial charge in [-0.1, -0.05) is 5.92 Å². The number of aromatic nitrogens is 3. The largest absolute Gasteiger partial charge is 0.344 e. The maximum Gasteiger partial charge on any atom is 0.280 e. The molecular weight excluding hydrogens is 332 g/mol. The minimum absolute atomic E-state index is 0.0121. The quantitative estimate of drug-likeness (QED) is 0.843. The summed E-state index contributed by atoms with van der Waals surface area (Å²) in [5.41, 5.74) is 1.46. The molecule has 0 spiro atoms. The number of nitrogens with one attached hydrogen (secondary N) is 1. The van der Waals surface area contributed by atoms with E-state index >= 15 is 0 Å². The van der Waals surface area contributed by atoms with Gasteiger partial charge in [0, 0.05) is 34.4 Å². The average Bonchev–Trinajstić information content (AvgIpc) is 3.16. The molecule has 5 nitrogen and oxygen atoms in total. The standard InChI is InChI=1S/C19H20N4OS/c1-14-12-25-17(22-14)16(24)23-19-5-2-4-18(13-19,7-8-19)6-3-15-11-20-9-10-21-15/h9-12H,2,4-5,7-8,13H2,1H3,(H,23,24)/t18-,19+/m1/s1. The van der Waals surface area contributed by atoms with Crippen molar-refractivity contribution in [1.82, 2.24) is 20.3 Å². The highest BCUT2D eigenvalue weighted by atomic mass is 32.1. The van der Waals surface area contributed by atoms with Crippen LogP contribution in [-0.2, 0) is 0 Å². The molecule has 2 heterocycles. The molecule has 2 aromatic heterocycles. The van der Waals surface area contributed by atoms with Gasteiger partial charge in [-0.15, -0.1) is 11.3 Å². The predicted molar refractivity (Wildman–Crippen MR) is 96.1 cm³/mol. The van der Waals surface area contributed by atoms with E-state index < -0.39 is 0 Å². The molecule has 2 fully saturated rings. The van der Waals surface area contributed by atoms with Gasteiger partial charge in [0.05, 0.1) is 6.20 Å². The molecule has 1 N–H and O–H groups in total. The molecule has 0 radical (unpaired) electrons. The van der Waals surface area contributed by atoms with Crippen molar-refractivity contribution in [2.24, 2.45) is 5.41 Å². The number of thiazole rings is 1. The Morgan fingerprint density at radius 3 is 2.96 bits per heavy atom. The number of hydrogen-bond donors (Lipinski definition) is 1. The van der Waals surface area contributed by atoms with Crippen molar-refractivity contribution < 1.29 is 4.79 Å². The van der Waals surface area contributed by atoms with Crippen LogP contribution in [0, 0.1) is 24.2 Å². The van der Waals surface area contributed by atoms with Crippen LogP contribution in [0.5, 0.6) is 0 Å². The second-order valence-electron chi connectivity index (χ2n) is 7.18. The molecule has 2 aromatic rings. The molecular formula is C19H20N4OS. The van der Waals surface area contributed by atoms with Gasteiger partial charge >= 0.3 is 0 Å². The third kappa shape index (κ3) is 3.29. The highest BCUT2D eigenvalue weighted by molar-refractivity contribution is 7.11. The van der Waals surface area contributed by atoms with E-state index in [9.17, 15) is 4.79 Å². The molecule has 2 bridgehead atoms. The number of rotatable bonds is 2. The third-order valence-electron chi connectivity index (χ3n) is 5.28. The van der Waals surface area contributed by atoms with Gasteiger partial charge < -0.3 is 5.32 Å². The summed E-state index contributed by atoms with van der Waals surface area (Å²) in [5.74, 6) is 6.62. The fourth-order valence-electron chi connectivity index (χ4n) is 4.15. The van der Waals surface area contributed by atoms with Crippen LogP contribution in [0.3, 0.4) is 0 Å². The fraction of sp³-hybridized carbons (Fsp3) is 0.474. The summed E-state index contributed by atoms with van der Waals surface area (Å²) < 4.78 is 0.